The van der Waals surface area contributed by atoms with Crippen LogP contribution < -0.4 is 24.3 Å². The zero-order chi connectivity index (χ0) is 30.3. The molecule has 0 saturated carbocycles. The number of carbonyl (C=O) groups is 3. The minimum Gasteiger partial charge on any atom is -0.493 e. The monoisotopic (exact) mass is 572 g/mol. The number of para-hydroxylation sites is 2. The molecule has 3 aromatic rings. The second-order valence-corrected chi connectivity index (χ2v) is 8.82. The van der Waals surface area contributed by atoms with Crippen molar-refractivity contribution in [2.75, 3.05) is 21.3 Å². The van der Waals surface area contributed by atoms with E-state index < -0.39 is 47.5 Å². The normalized spacial score (nSPS) is 12.2. The molecule has 0 fully saturated rings. The molecule has 0 spiro atoms. The molecular weight excluding hydrogens is 542 g/mol. The fraction of sp³-hybridized carbons (Fsp3) is 0.310. The number of benzene rings is 2. The van der Waals surface area contributed by atoms with E-state index in [1.54, 1.807) is 12.1 Å². The fourth-order valence-corrected chi connectivity index (χ4v) is 4.32. The lowest BCUT2D eigenvalue weighted by atomic mass is 9.85. The van der Waals surface area contributed by atoms with Crippen molar-refractivity contribution in [1.29, 1.82) is 0 Å². The molecule has 1 aromatic heterocycles. The van der Waals surface area contributed by atoms with E-state index in [2.05, 4.69) is 10.3 Å². The summed E-state index contributed by atoms with van der Waals surface area (Å²) in [4.78, 5) is 41.6. The Morgan fingerprint density at radius 3 is 1.88 bits per heavy atom. The van der Waals surface area contributed by atoms with E-state index in [0.29, 0.717) is 0 Å². The lowest BCUT2D eigenvalue weighted by Crippen LogP contribution is -2.41. The van der Waals surface area contributed by atoms with Gasteiger partial charge in [0.2, 0.25) is 5.75 Å². The van der Waals surface area contributed by atoms with Crippen molar-refractivity contribution in [3.63, 3.8) is 0 Å². The highest BCUT2D eigenvalue weighted by atomic mass is 19.1. The Bertz CT molecular complexity index is 1380. The summed E-state index contributed by atoms with van der Waals surface area (Å²) in [7, 11) is 3.89. The van der Waals surface area contributed by atoms with E-state index in [4.69, 9.17) is 23.7 Å². The molecule has 3 rings (SSSR count). The second kappa shape index (κ2) is 13.6. The number of pyridine rings is 1. The number of hydrogen-bond donors (Lipinski definition) is 1. The minimum atomic E-state index is -1.22. The lowest BCUT2D eigenvalue weighted by molar-refractivity contribution is -0.150. The van der Waals surface area contributed by atoms with Gasteiger partial charge in [-0.3, -0.25) is 9.59 Å². The maximum absolute atomic E-state index is 14.7. The second-order valence-electron chi connectivity index (χ2n) is 8.82. The van der Waals surface area contributed by atoms with Gasteiger partial charge in [-0.05, 0) is 26.0 Å². The van der Waals surface area contributed by atoms with Crippen LogP contribution in [0.3, 0.4) is 0 Å². The fourth-order valence-electron chi connectivity index (χ4n) is 4.32. The van der Waals surface area contributed by atoms with Crippen molar-refractivity contribution in [2.24, 2.45) is 0 Å². The highest BCUT2D eigenvalue weighted by Crippen LogP contribution is 2.41. The van der Waals surface area contributed by atoms with Gasteiger partial charge in [0.05, 0.1) is 27.2 Å². The number of halogens is 2. The number of esters is 2. The maximum Gasteiger partial charge on any atom is 0.328 e. The van der Waals surface area contributed by atoms with Crippen molar-refractivity contribution in [1.82, 2.24) is 10.3 Å². The Hall–Kier alpha value is -4.74. The third-order valence-electron chi connectivity index (χ3n) is 6.10. The smallest absolute Gasteiger partial charge is 0.328 e. The van der Waals surface area contributed by atoms with Gasteiger partial charge in [0.1, 0.15) is 12.1 Å². The largest absolute Gasteiger partial charge is 0.493 e. The van der Waals surface area contributed by atoms with Crippen LogP contribution >= 0.6 is 0 Å². The molecule has 0 aliphatic rings. The topological polar surface area (TPSA) is 122 Å². The van der Waals surface area contributed by atoms with E-state index in [1.165, 1.54) is 71.7 Å². The molecule has 12 heteroatoms. The molecule has 0 unspecified atom stereocenters. The van der Waals surface area contributed by atoms with Crippen LogP contribution in [0.1, 0.15) is 48.3 Å². The first-order valence-corrected chi connectivity index (χ1v) is 12.4. The molecule has 2 aromatic carbocycles. The van der Waals surface area contributed by atoms with Gasteiger partial charge in [-0.25, -0.2) is 18.6 Å². The van der Waals surface area contributed by atoms with Gasteiger partial charge in [-0.15, -0.1) is 0 Å². The third-order valence-corrected chi connectivity index (χ3v) is 6.10. The number of ether oxygens (including phenoxy) is 5. The zero-order valence-electron chi connectivity index (χ0n) is 23.3. The third kappa shape index (κ3) is 6.89. The standard InChI is InChI=1S/C29H30F2N2O8/c1-15(33-28(35)24-27(41-17(3)34)22(37-4)13-14-32-24)29(36)40-16(2)23(18-9-7-11-20(30)25(18)38-5)19-10-8-12-21(31)26(19)39-6/h7-16,23H,1-6H3,(H,33,35)/t15-,16-/m0/s1. The number of carbonyl (C=O) groups excluding carboxylic acids is 3. The average molecular weight is 573 g/mol. The quantitative estimate of drug-likeness (QED) is 0.337. The van der Waals surface area contributed by atoms with E-state index in [1.807, 2.05) is 0 Å². The predicted octanol–water partition coefficient (Wildman–Crippen LogP) is 4.19. The van der Waals surface area contributed by atoms with Gasteiger partial charge in [-0.1, -0.05) is 24.3 Å². The van der Waals surface area contributed by atoms with Crippen LogP contribution in [-0.4, -0.2) is 56.3 Å². The summed E-state index contributed by atoms with van der Waals surface area (Å²) in [5, 5.41) is 2.46. The Labute approximate surface area is 235 Å². The van der Waals surface area contributed by atoms with Crippen molar-refractivity contribution in [3.8, 4) is 23.0 Å². The first-order valence-electron chi connectivity index (χ1n) is 12.4. The molecule has 10 nitrogen and oxygen atoms in total. The molecule has 0 aliphatic carbocycles. The van der Waals surface area contributed by atoms with Crippen LogP contribution in [0.25, 0.3) is 0 Å². The number of hydrogen-bond acceptors (Lipinski definition) is 9. The molecule has 1 N–H and O–H groups in total. The number of amides is 1. The first-order chi connectivity index (χ1) is 19.5. The SMILES string of the molecule is COc1ccnc(C(=O)N[C@@H](C)C(=O)O[C@@H](C)C(c2cccc(F)c2OC)c2cccc(F)c2OC)c1OC(C)=O. The molecule has 218 valence electrons. The Kier molecular flexibility index (Phi) is 10.2. The van der Waals surface area contributed by atoms with Gasteiger partial charge in [0.15, 0.2) is 34.6 Å². The summed E-state index contributed by atoms with van der Waals surface area (Å²) in [5.74, 6) is -5.05. The Morgan fingerprint density at radius 2 is 1.39 bits per heavy atom. The Balaban J connectivity index is 1.92. The van der Waals surface area contributed by atoms with Gasteiger partial charge in [0.25, 0.3) is 5.91 Å². The Morgan fingerprint density at radius 1 is 0.829 bits per heavy atom. The van der Waals surface area contributed by atoms with E-state index in [-0.39, 0.29) is 39.8 Å². The summed E-state index contributed by atoms with van der Waals surface area (Å²) in [6, 6.07) is 8.62. The van der Waals surface area contributed by atoms with E-state index in [9.17, 15) is 23.2 Å². The van der Waals surface area contributed by atoms with E-state index >= 15 is 0 Å². The van der Waals surface area contributed by atoms with Crippen LogP contribution in [-0.2, 0) is 14.3 Å². The highest BCUT2D eigenvalue weighted by Gasteiger charge is 2.33. The number of aromatic nitrogens is 1. The van der Waals surface area contributed by atoms with Gasteiger partial charge >= 0.3 is 11.9 Å². The highest BCUT2D eigenvalue weighted by molar-refractivity contribution is 5.98. The number of methoxy groups -OCH3 is 3. The zero-order valence-corrected chi connectivity index (χ0v) is 23.3. The summed E-state index contributed by atoms with van der Waals surface area (Å²) >= 11 is 0. The molecule has 0 radical (unpaired) electrons. The molecule has 0 bridgehead atoms. The summed E-state index contributed by atoms with van der Waals surface area (Å²) in [6.45, 7) is 4.06. The summed E-state index contributed by atoms with van der Waals surface area (Å²) in [6.07, 6.45) is 0.245. The molecule has 2 atom stereocenters. The molecular formula is C29H30F2N2O8. The number of rotatable bonds is 11. The molecule has 1 amide bonds. The average Bonchev–Trinajstić information content (AvgIpc) is 2.93. The molecule has 0 saturated heterocycles. The van der Waals surface area contributed by atoms with Crippen LogP contribution in [0.5, 0.6) is 23.0 Å². The van der Waals surface area contributed by atoms with Gasteiger partial charge < -0.3 is 29.0 Å². The van der Waals surface area contributed by atoms with Crippen LogP contribution in [0.2, 0.25) is 0 Å². The maximum atomic E-state index is 14.7. The van der Waals surface area contributed by atoms with Crippen LogP contribution in [0, 0.1) is 11.6 Å². The van der Waals surface area contributed by atoms with Crippen molar-refractivity contribution < 1.29 is 46.8 Å². The number of nitrogens with zero attached hydrogens (tertiary/aromatic N) is 1. The van der Waals surface area contributed by atoms with Crippen LogP contribution in [0.4, 0.5) is 8.78 Å². The summed E-state index contributed by atoms with van der Waals surface area (Å²) < 4.78 is 55.9. The molecule has 0 aliphatic heterocycles. The van der Waals surface area contributed by atoms with Gasteiger partial charge in [-0.2, -0.15) is 0 Å². The lowest BCUT2D eigenvalue weighted by Gasteiger charge is -2.28. The molecule has 1 heterocycles. The van der Waals surface area contributed by atoms with Crippen LogP contribution in [0.15, 0.2) is 48.7 Å². The van der Waals surface area contributed by atoms with Crippen molar-refractivity contribution in [2.45, 2.75) is 38.8 Å². The first kappa shape index (κ1) is 30.8. The van der Waals surface area contributed by atoms with Crippen molar-refractivity contribution in [3.05, 3.63) is 77.1 Å². The number of nitrogens with one attached hydrogen (secondary N) is 1. The predicted molar refractivity (Wildman–Crippen MR) is 142 cm³/mol. The molecule has 41 heavy (non-hydrogen) atoms. The van der Waals surface area contributed by atoms with E-state index in [0.717, 1.165) is 6.92 Å². The summed E-state index contributed by atoms with van der Waals surface area (Å²) in [5.41, 5.74) is 0.263. The minimum absolute atomic E-state index is 0.0834. The van der Waals surface area contributed by atoms with Crippen molar-refractivity contribution >= 4 is 17.8 Å². The van der Waals surface area contributed by atoms with Gasteiger partial charge in [0, 0.05) is 30.3 Å².